The van der Waals surface area contributed by atoms with Gasteiger partial charge in [-0.25, -0.2) is 4.31 Å². The predicted octanol–water partition coefficient (Wildman–Crippen LogP) is 2.90. The third-order valence-corrected chi connectivity index (χ3v) is 6.66. The molecule has 2 saturated heterocycles. The lowest BCUT2D eigenvalue weighted by Gasteiger charge is -2.44. The lowest BCUT2D eigenvalue weighted by atomic mass is 9.95. The van der Waals surface area contributed by atoms with Gasteiger partial charge in [-0.2, -0.15) is 0 Å². The van der Waals surface area contributed by atoms with Crippen molar-refractivity contribution in [3.63, 3.8) is 0 Å². The van der Waals surface area contributed by atoms with Gasteiger partial charge < -0.3 is 10.0 Å². The monoisotopic (exact) mass is 371 g/mol. The van der Waals surface area contributed by atoms with Gasteiger partial charge in [0.15, 0.2) is 0 Å². The van der Waals surface area contributed by atoms with Crippen LogP contribution in [-0.2, 0) is 4.79 Å². The third kappa shape index (κ3) is 3.54. The SMILES string of the molecule is O=C1CNC2(CCN(Sc3ccccc3O)CC2)N1CC1=CC=CCC1. The van der Waals surface area contributed by atoms with Gasteiger partial charge in [0.25, 0.3) is 0 Å². The van der Waals surface area contributed by atoms with E-state index >= 15 is 0 Å². The minimum absolute atomic E-state index is 0.210. The fourth-order valence-electron chi connectivity index (χ4n) is 3.96. The van der Waals surface area contributed by atoms with Crippen LogP contribution in [0.25, 0.3) is 0 Å². The molecule has 2 fully saturated rings. The lowest BCUT2D eigenvalue weighted by Crippen LogP contribution is -2.58. The van der Waals surface area contributed by atoms with Crippen LogP contribution in [0.5, 0.6) is 5.75 Å². The van der Waals surface area contributed by atoms with E-state index in [9.17, 15) is 9.90 Å². The minimum atomic E-state index is -0.213. The summed E-state index contributed by atoms with van der Waals surface area (Å²) in [5.41, 5.74) is 1.13. The predicted molar refractivity (Wildman–Crippen MR) is 104 cm³/mol. The molecule has 1 aromatic rings. The molecule has 6 heteroatoms. The standard InChI is InChI=1S/C20H25N3O2S/c24-17-8-4-5-9-18(17)26-22-12-10-20(11-13-22)21-14-19(25)23(20)15-16-6-2-1-3-7-16/h1-2,4-6,8-9,21,24H,3,7,10-15H2. The summed E-state index contributed by atoms with van der Waals surface area (Å²) < 4.78 is 2.28. The first-order valence-electron chi connectivity index (χ1n) is 9.27. The lowest BCUT2D eigenvalue weighted by molar-refractivity contribution is -0.130. The van der Waals surface area contributed by atoms with Gasteiger partial charge in [-0.1, -0.05) is 35.9 Å². The molecule has 1 aliphatic carbocycles. The molecule has 2 aliphatic heterocycles. The van der Waals surface area contributed by atoms with Gasteiger partial charge in [0.1, 0.15) is 5.75 Å². The highest BCUT2D eigenvalue weighted by Gasteiger charge is 2.46. The minimum Gasteiger partial charge on any atom is -0.507 e. The van der Waals surface area contributed by atoms with E-state index in [1.54, 1.807) is 18.0 Å². The maximum atomic E-state index is 12.5. The van der Waals surface area contributed by atoms with Crippen molar-refractivity contribution < 1.29 is 9.90 Å². The molecule has 1 aromatic carbocycles. The summed E-state index contributed by atoms with van der Waals surface area (Å²) in [6.07, 6.45) is 10.4. The average molecular weight is 372 g/mol. The molecule has 4 rings (SSSR count). The molecule has 0 bridgehead atoms. The molecule has 0 saturated carbocycles. The Labute approximate surface area is 158 Å². The number of benzene rings is 1. The molecule has 138 valence electrons. The number of aromatic hydroxyl groups is 1. The molecule has 0 radical (unpaired) electrons. The van der Waals surface area contributed by atoms with Gasteiger partial charge in [-0.05, 0) is 49.8 Å². The molecule has 1 spiro atoms. The first-order valence-corrected chi connectivity index (χ1v) is 10.0. The summed E-state index contributed by atoms with van der Waals surface area (Å²) in [7, 11) is 0. The number of hydrogen-bond acceptors (Lipinski definition) is 5. The van der Waals surface area contributed by atoms with Crippen molar-refractivity contribution in [1.82, 2.24) is 14.5 Å². The quantitative estimate of drug-likeness (QED) is 0.797. The van der Waals surface area contributed by atoms with Crippen LogP contribution in [0, 0.1) is 0 Å². The van der Waals surface area contributed by atoms with Gasteiger partial charge in [0.2, 0.25) is 5.91 Å². The number of hydrogen-bond donors (Lipinski definition) is 2. The largest absolute Gasteiger partial charge is 0.507 e. The number of phenolic OH excluding ortho intramolecular Hbond substituents is 1. The Bertz CT molecular complexity index is 738. The van der Waals surface area contributed by atoms with E-state index in [2.05, 4.69) is 32.7 Å². The van der Waals surface area contributed by atoms with Gasteiger partial charge in [0, 0.05) is 19.6 Å². The van der Waals surface area contributed by atoms with Crippen LogP contribution in [0.2, 0.25) is 0 Å². The average Bonchev–Trinajstić information content (AvgIpc) is 2.96. The van der Waals surface area contributed by atoms with Crippen LogP contribution in [0.3, 0.4) is 0 Å². The van der Waals surface area contributed by atoms with E-state index in [0.29, 0.717) is 12.3 Å². The van der Waals surface area contributed by atoms with E-state index in [1.165, 1.54) is 5.57 Å². The summed E-state index contributed by atoms with van der Waals surface area (Å²) >= 11 is 1.60. The number of carbonyl (C=O) groups is 1. The number of rotatable bonds is 4. The van der Waals surface area contributed by atoms with Crippen molar-refractivity contribution in [2.75, 3.05) is 26.2 Å². The van der Waals surface area contributed by atoms with E-state index in [1.807, 2.05) is 18.2 Å². The number of piperidine rings is 1. The number of para-hydroxylation sites is 1. The summed E-state index contributed by atoms with van der Waals surface area (Å²) in [5.74, 6) is 0.535. The highest BCUT2D eigenvalue weighted by atomic mass is 32.2. The molecule has 3 aliphatic rings. The maximum Gasteiger partial charge on any atom is 0.238 e. The number of nitrogens with zero attached hydrogens (tertiary/aromatic N) is 2. The summed E-state index contributed by atoms with van der Waals surface area (Å²) in [4.78, 5) is 15.5. The van der Waals surface area contributed by atoms with Gasteiger partial charge in [0.05, 0.1) is 17.1 Å². The molecule has 2 N–H and O–H groups in total. The van der Waals surface area contributed by atoms with Crippen molar-refractivity contribution in [1.29, 1.82) is 0 Å². The molecule has 1 amide bonds. The van der Waals surface area contributed by atoms with Crippen molar-refractivity contribution in [2.45, 2.75) is 36.2 Å². The smallest absolute Gasteiger partial charge is 0.238 e. The number of allylic oxidation sites excluding steroid dienone is 3. The van der Waals surface area contributed by atoms with Crippen LogP contribution in [0.1, 0.15) is 25.7 Å². The Kier molecular flexibility index (Phi) is 5.07. The van der Waals surface area contributed by atoms with Crippen molar-refractivity contribution in [3.8, 4) is 5.75 Å². The molecular weight excluding hydrogens is 346 g/mol. The number of nitrogens with one attached hydrogen (secondary N) is 1. The highest BCUT2D eigenvalue weighted by molar-refractivity contribution is 7.97. The van der Waals surface area contributed by atoms with Crippen LogP contribution >= 0.6 is 11.9 Å². The molecule has 0 atom stereocenters. The summed E-state index contributed by atoms with van der Waals surface area (Å²) in [5, 5.41) is 13.5. The first-order chi connectivity index (χ1) is 12.7. The number of amides is 1. The Morgan fingerprint density at radius 1 is 1.23 bits per heavy atom. The zero-order valence-electron chi connectivity index (χ0n) is 14.9. The fraction of sp³-hybridized carbons (Fsp3) is 0.450. The second kappa shape index (κ2) is 7.47. The molecule has 26 heavy (non-hydrogen) atoms. The molecule has 2 heterocycles. The number of carbonyl (C=O) groups excluding carboxylic acids is 1. The number of phenols is 1. The van der Waals surface area contributed by atoms with Crippen molar-refractivity contribution in [2.24, 2.45) is 0 Å². The topological polar surface area (TPSA) is 55.8 Å². The van der Waals surface area contributed by atoms with Crippen LogP contribution < -0.4 is 5.32 Å². The van der Waals surface area contributed by atoms with Crippen molar-refractivity contribution in [3.05, 3.63) is 48.1 Å². The van der Waals surface area contributed by atoms with Gasteiger partial charge in [-0.3, -0.25) is 10.1 Å². The Hall–Kier alpha value is -1.76. The normalized spacial score (nSPS) is 22.8. The molecule has 0 unspecified atom stereocenters. The summed E-state index contributed by atoms with van der Waals surface area (Å²) in [6, 6.07) is 7.44. The van der Waals surface area contributed by atoms with E-state index < -0.39 is 0 Å². The van der Waals surface area contributed by atoms with Crippen molar-refractivity contribution >= 4 is 17.9 Å². The molecule has 0 aromatic heterocycles. The second-order valence-corrected chi connectivity index (χ2v) is 8.28. The van der Waals surface area contributed by atoms with Gasteiger partial charge in [-0.15, -0.1) is 0 Å². The van der Waals surface area contributed by atoms with Gasteiger partial charge >= 0.3 is 0 Å². The van der Waals surface area contributed by atoms with Crippen LogP contribution in [0.4, 0.5) is 0 Å². The van der Waals surface area contributed by atoms with Crippen LogP contribution in [0.15, 0.2) is 53.0 Å². The zero-order valence-corrected chi connectivity index (χ0v) is 15.7. The molecule has 5 nitrogen and oxygen atoms in total. The van der Waals surface area contributed by atoms with E-state index in [4.69, 9.17) is 0 Å². The first kappa shape index (κ1) is 17.6. The van der Waals surface area contributed by atoms with E-state index in [-0.39, 0.29) is 11.6 Å². The Balaban J connectivity index is 1.41. The fourth-order valence-corrected chi connectivity index (χ4v) is 4.91. The molecular formula is C20H25N3O2S. The maximum absolute atomic E-state index is 12.5. The second-order valence-electron chi connectivity index (χ2n) is 7.14. The summed E-state index contributed by atoms with van der Waals surface area (Å²) in [6.45, 7) is 2.95. The van der Waals surface area contributed by atoms with Crippen LogP contribution in [-0.4, -0.2) is 52.1 Å². The Morgan fingerprint density at radius 2 is 2.04 bits per heavy atom. The van der Waals surface area contributed by atoms with E-state index in [0.717, 1.165) is 50.2 Å². The Morgan fingerprint density at radius 3 is 2.77 bits per heavy atom. The highest BCUT2D eigenvalue weighted by Crippen LogP contribution is 2.37. The third-order valence-electron chi connectivity index (χ3n) is 5.49. The zero-order chi connectivity index (χ0) is 18.0.